The van der Waals surface area contributed by atoms with Crippen LogP contribution in [0.3, 0.4) is 0 Å². The van der Waals surface area contributed by atoms with E-state index >= 15 is 0 Å². The van der Waals surface area contributed by atoms with Crippen LogP contribution in [0.2, 0.25) is 0 Å². The number of para-hydroxylation sites is 5. The van der Waals surface area contributed by atoms with E-state index in [0.717, 1.165) is 51.5 Å². The molecule has 0 aliphatic heterocycles. The van der Waals surface area contributed by atoms with Gasteiger partial charge in [0.1, 0.15) is 11.6 Å². The molecule has 0 saturated carbocycles. The van der Waals surface area contributed by atoms with Crippen LogP contribution in [0, 0.1) is 0 Å². The van der Waals surface area contributed by atoms with Crippen molar-refractivity contribution in [2.75, 3.05) is 4.90 Å². The second kappa shape index (κ2) is 14.7. The van der Waals surface area contributed by atoms with E-state index in [4.69, 9.17) is 9.97 Å². The molecular weight excluding hydrogens is 718 g/mol. The standard InChI is InChI=1S/C49H33F3N4O/c50-49(51,52)36-28-26-33(27-29-36)35-31-43(34-14-12-21-40(30-34)55(37-15-4-1-5-16-37)38-17-6-2-7-18-38)53-44(32-35)41-23-13-24-45-47(41)54-48(42-22-10-11-25-46(42)57)56(45)39-19-8-3-9-20-39/h1-32,57H. The smallest absolute Gasteiger partial charge is 0.416 e. The number of fused-ring (bicyclic) bond motifs is 1. The summed E-state index contributed by atoms with van der Waals surface area (Å²) in [6.07, 6.45) is -4.46. The van der Waals surface area contributed by atoms with E-state index in [1.807, 2.05) is 132 Å². The molecule has 0 amide bonds. The lowest BCUT2D eigenvalue weighted by atomic mass is 9.98. The van der Waals surface area contributed by atoms with E-state index in [9.17, 15) is 18.3 Å². The van der Waals surface area contributed by atoms with E-state index in [-0.39, 0.29) is 5.75 Å². The zero-order valence-electron chi connectivity index (χ0n) is 30.3. The third-order valence-corrected chi connectivity index (χ3v) is 9.92. The van der Waals surface area contributed by atoms with Crippen LogP contribution < -0.4 is 4.90 Å². The molecule has 0 aliphatic carbocycles. The first-order chi connectivity index (χ1) is 27.8. The highest BCUT2D eigenvalue weighted by Crippen LogP contribution is 2.41. The molecule has 0 aliphatic rings. The number of halogens is 3. The van der Waals surface area contributed by atoms with Crippen LogP contribution >= 0.6 is 0 Å². The van der Waals surface area contributed by atoms with Crippen molar-refractivity contribution in [3.63, 3.8) is 0 Å². The lowest BCUT2D eigenvalue weighted by Crippen LogP contribution is -2.09. The average molecular weight is 751 g/mol. The van der Waals surface area contributed by atoms with Gasteiger partial charge in [0.2, 0.25) is 0 Å². The summed E-state index contributed by atoms with van der Waals surface area (Å²) in [5, 5.41) is 11.0. The SMILES string of the molecule is Oc1ccccc1-c1nc2c(-c3cc(-c4ccc(C(F)(F)F)cc4)cc(-c4cccc(N(c5ccccc5)c5ccccc5)c4)n3)cccc2n1-c1ccccc1. The van der Waals surface area contributed by atoms with E-state index in [1.165, 1.54) is 12.1 Å². The first-order valence-electron chi connectivity index (χ1n) is 18.4. The van der Waals surface area contributed by atoms with E-state index in [1.54, 1.807) is 12.1 Å². The Hall–Kier alpha value is -7.45. The number of nitrogens with zero attached hydrogens (tertiary/aromatic N) is 4. The topological polar surface area (TPSA) is 54.2 Å². The number of aromatic nitrogens is 3. The minimum absolute atomic E-state index is 0.0937. The van der Waals surface area contributed by atoms with Gasteiger partial charge in [0.15, 0.2) is 0 Å². The molecule has 9 rings (SSSR count). The van der Waals surface area contributed by atoms with Crippen LogP contribution in [-0.2, 0) is 6.18 Å². The van der Waals surface area contributed by atoms with Crippen molar-refractivity contribution in [3.05, 3.63) is 200 Å². The fourth-order valence-electron chi connectivity index (χ4n) is 7.23. The summed E-state index contributed by atoms with van der Waals surface area (Å²) < 4.78 is 43.0. The lowest BCUT2D eigenvalue weighted by Gasteiger charge is -2.26. The summed E-state index contributed by atoms with van der Waals surface area (Å²) in [4.78, 5) is 12.6. The fraction of sp³-hybridized carbons (Fsp3) is 0.0204. The van der Waals surface area contributed by atoms with Crippen LogP contribution in [-0.4, -0.2) is 19.6 Å². The van der Waals surface area contributed by atoms with Crippen molar-refractivity contribution in [1.29, 1.82) is 0 Å². The minimum atomic E-state index is -4.46. The van der Waals surface area contributed by atoms with E-state index in [0.29, 0.717) is 39.4 Å². The molecule has 57 heavy (non-hydrogen) atoms. The predicted molar refractivity (Wildman–Crippen MR) is 222 cm³/mol. The molecule has 0 atom stereocenters. The summed E-state index contributed by atoms with van der Waals surface area (Å²) in [6, 6.07) is 60.1. The monoisotopic (exact) mass is 750 g/mol. The van der Waals surface area contributed by atoms with Crippen molar-refractivity contribution < 1.29 is 18.3 Å². The third-order valence-electron chi connectivity index (χ3n) is 9.92. The third kappa shape index (κ3) is 6.89. The number of hydrogen-bond donors (Lipinski definition) is 1. The van der Waals surface area contributed by atoms with Gasteiger partial charge in [-0.3, -0.25) is 4.57 Å². The van der Waals surface area contributed by atoms with Gasteiger partial charge in [-0.05, 0) is 102 Å². The highest BCUT2D eigenvalue weighted by molar-refractivity contribution is 5.96. The number of rotatable bonds is 8. The number of phenols is 1. The number of anilines is 3. The normalized spacial score (nSPS) is 11.5. The van der Waals surface area contributed by atoms with Crippen molar-refractivity contribution in [2.24, 2.45) is 0 Å². The number of imidazole rings is 1. The summed E-state index contributed by atoms with van der Waals surface area (Å²) in [7, 11) is 0. The molecule has 0 spiro atoms. The van der Waals surface area contributed by atoms with Crippen LogP contribution in [0.1, 0.15) is 5.56 Å². The largest absolute Gasteiger partial charge is 0.507 e. The molecule has 0 unspecified atom stereocenters. The Morgan fingerprint density at radius 2 is 1.05 bits per heavy atom. The van der Waals surface area contributed by atoms with Gasteiger partial charge in [0, 0.05) is 33.9 Å². The second-order valence-corrected chi connectivity index (χ2v) is 13.6. The van der Waals surface area contributed by atoms with Gasteiger partial charge in [-0.25, -0.2) is 9.97 Å². The molecule has 0 fully saturated rings. The van der Waals surface area contributed by atoms with Gasteiger partial charge in [0.25, 0.3) is 0 Å². The van der Waals surface area contributed by atoms with Gasteiger partial charge < -0.3 is 10.0 Å². The quantitative estimate of drug-likeness (QED) is 0.168. The molecule has 1 N–H and O–H groups in total. The fourth-order valence-corrected chi connectivity index (χ4v) is 7.23. The number of aromatic hydroxyl groups is 1. The first-order valence-corrected chi connectivity index (χ1v) is 18.4. The van der Waals surface area contributed by atoms with Crippen LogP contribution in [0.4, 0.5) is 30.2 Å². The maximum Gasteiger partial charge on any atom is 0.416 e. The predicted octanol–water partition coefficient (Wildman–Crippen LogP) is 13.3. The van der Waals surface area contributed by atoms with Crippen molar-refractivity contribution >= 4 is 28.1 Å². The molecule has 0 saturated heterocycles. The lowest BCUT2D eigenvalue weighted by molar-refractivity contribution is -0.137. The first kappa shape index (κ1) is 35.3. The van der Waals surface area contributed by atoms with Gasteiger partial charge >= 0.3 is 6.18 Å². The molecule has 0 radical (unpaired) electrons. The number of phenolic OH excluding ortho intramolecular Hbond substituents is 1. The maximum atomic E-state index is 13.7. The Kier molecular flexibility index (Phi) is 9.07. The molecule has 7 aromatic carbocycles. The van der Waals surface area contributed by atoms with Gasteiger partial charge in [0.05, 0.1) is 33.5 Å². The van der Waals surface area contributed by atoms with Crippen LogP contribution in [0.5, 0.6) is 5.75 Å². The highest BCUT2D eigenvalue weighted by Gasteiger charge is 2.30. The van der Waals surface area contributed by atoms with Gasteiger partial charge in [-0.2, -0.15) is 13.2 Å². The van der Waals surface area contributed by atoms with E-state index < -0.39 is 11.7 Å². The van der Waals surface area contributed by atoms with Crippen molar-refractivity contribution in [3.8, 4) is 56.5 Å². The van der Waals surface area contributed by atoms with Crippen molar-refractivity contribution in [2.45, 2.75) is 6.18 Å². The summed E-state index contributed by atoms with van der Waals surface area (Å²) in [6.45, 7) is 0. The number of alkyl halides is 3. The molecule has 2 aromatic heterocycles. The summed E-state index contributed by atoms with van der Waals surface area (Å²) >= 11 is 0. The Morgan fingerprint density at radius 3 is 1.72 bits per heavy atom. The van der Waals surface area contributed by atoms with Crippen molar-refractivity contribution in [1.82, 2.24) is 14.5 Å². The van der Waals surface area contributed by atoms with Crippen LogP contribution in [0.25, 0.3) is 61.8 Å². The zero-order chi connectivity index (χ0) is 38.9. The van der Waals surface area contributed by atoms with Crippen LogP contribution in [0.15, 0.2) is 194 Å². The molecule has 5 nitrogen and oxygen atoms in total. The second-order valence-electron chi connectivity index (χ2n) is 13.6. The Labute approximate surface area is 327 Å². The minimum Gasteiger partial charge on any atom is -0.507 e. The number of pyridine rings is 1. The average Bonchev–Trinajstić information content (AvgIpc) is 3.64. The maximum absolute atomic E-state index is 13.7. The Morgan fingerprint density at radius 1 is 0.474 bits per heavy atom. The van der Waals surface area contributed by atoms with Gasteiger partial charge in [-0.1, -0.05) is 103 Å². The molecule has 9 aromatic rings. The van der Waals surface area contributed by atoms with E-state index in [2.05, 4.69) is 35.2 Å². The molecule has 276 valence electrons. The zero-order valence-corrected chi connectivity index (χ0v) is 30.3. The number of hydrogen-bond acceptors (Lipinski definition) is 4. The summed E-state index contributed by atoms with van der Waals surface area (Å²) in [5.74, 6) is 0.645. The Balaban J connectivity index is 1.26. The number of benzene rings is 7. The molecule has 0 bridgehead atoms. The highest BCUT2D eigenvalue weighted by atomic mass is 19.4. The Bertz CT molecular complexity index is 2800. The molecule has 2 heterocycles. The molecular formula is C49H33F3N4O. The summed E-state index contributed by atoms with van der Waals surface area (Å²) in [5.41, 5.74) is 9.07. The molecule has 8 heteroatoms. The van der Waals surface area contributed by atoms with Gasteiger partial charge in [-0.15, -0.1) is 0 Å².